The lowest BCUT2D eigenvalue weighted by Crippen LogP contribution is -2.00. The molecule has 0 aliphatic carbocycles. The molecule has 47 heavy (non-hydrogen) atoms. The normalized spacial score (nSPS) is 11.4. The Bertz CT molecular complexity index is 2520. The van der Waals surface area contributed by atoms with E-state index in [2.05, 4.69) is 59.6 Å². The highest BCUT2D eigenvalue weighted by Crippen LogP contribution is 2.37. The van der Waals surface area contributed by atoms with Gasteiger partial charge in [-0.1, -0.05) is 109 Å². The van der Waals surface area contributed by atoms with Crippen LogP contribution >= 0.6 is 11.3 Å². The van der Waals surface area contributed by atoms with E-state index in [4.69, 9.17) is 24.9 Å². The van der Waals surface area contributed by atoms with Gasteiger partial charge in [0.05, 0.1) is 5.52 Å². The van der Waals surface area contributed by atoms with Crippen molar-refractivity contribution in [1.29, 1.82) is 0 Å². The second-order valence-electron chi connectivity index (χ2n) is 11.2. The molecule has 0 spiro atoms. The van der Waals surface area contributed by atoms with Gasteiger partial charge in [0, 0.05) is 55.5 Å². The summed E-state index contributed by atoms with van der Waals surface area (Å²) in [6.45, 7) is 0. The van der Waals surface area contributed by atoms with Gasteiger partial charge in [-0.05, 0) is 35.4 Å². The van der Waals surface area contributed by atoms with Gasteiger partial charge in [0.2, 0.25) is 0 Å². The third kappa shape index (κ3) is 4.99. The highest BCUT2D eigenvalue weighted by atomic mass is 32.1. The molecule has 0 aliphatic heterocycles. The van der Waals surface area contributed by atoms with Crippen molar-refractivity contribution in [2.24, 2.45) is 0 Å². The first-order chi connectivity index (χ1) is 23.3. The van der Waals surface area contributed by atoms with Crippen molar-refractivity contribution in [1.82, 2.24) is 29.9 Å². The van der Waals surface area contributed by atoms with E-state index in [0.29, 0.717) is 23.3 Å². The predicted molar refractivity (Wildman–Crippen MR) is 191 cm³/mol. The van der Waals surface area contributed by atoms with Crippen LogP contribution in [0.15, 0.2) is 146 Å². The van der Waals surface area contributed by atoms with Gasteiger partial charge in [0.1, 0.15) is 4.83 Å². The van der Waals surface area contributed by atoms with Crippen LogP contribution in [-0.4, -0.2) is 29.9 Å². The number of para-hydroxylation sites is 1. The Labute approximate surface area is 274 Å². The Morgan fingerprint density at radius 2 is 1.06 bits per heavy atom. The first kappa shape index (κ1) is 27.2. The molecule has 0 aliphatic rings. The van der Waals surface area contributed by atoms with Crippen molar-refractivity contribution in [3.05, 3.63) is 146 Å². The van der Waals surface area contributed by atoms with Gasteiger partial charge in [-0.2, -0.15) is 0 Å². The van der Waals surface area contributed by atoms with Crippen LogP contribution in [-0.2, 0) is 0 Å². The number of pyridine rings is 1. The molecule has 4 aromatic heterocycles. The minimum absolute atomic E-state index is 0.633. The Morgan fingerprint density at radius 1 is 0.426 bits per heavy atom. The van der Waals surface area contributed by atoms with E-state index < -0.39 is 0 Å². The van der Waals surface area contributed by atoms with Crippen LogP contribution in [0.5, 0.6) is 0 Å². The van der Waals surface area contributed by atoms with Crippen molar-refractivity contribution in [3.63, 3.8) is 0 Å². The molecule has 0 saturated heterocycles. The Morgan fingerprint density at radius 3 is 1.83 bits per heavy atom. The molecule has 0 unspecified atom stereocenters. The molecule has 0 radical (unpaired) electrons. The quantitative estimate of drug-likeness (QED) is 0.191. The summed E-state index contributed by atoms with van der Waals surface area (Å²) >= 11 is 1.68. The summed E-state index contributed by atoms with van der Waals surface area (Å²) < 4.78 is 1.16. The highest BCUT2D eigenvalue weighted by molar-refractivity contribution is 7.25. The number of thiophene rings is 1. The van der Waals surface area contributed by atoms with Gasteiger partial charge < -0.3 is 0 Å². The molecule has 7 heteroatoms. The number of nitrogens with zero attached hydrogens (tertiary/aromatic N) is 6. The third-order valence-corrected chi connectivity index (χ3v) is 9.32. The summed E-state index contributed by atoms with van der Waals surface area (Å²) in [5.74, 6) is 2.61. The SMILES string of the molecule is c1ccc(-c2nc(-c3ccccc3)nc(-c3cccc(-c4ccc5c(c4)sc4nc(-c6cccc7cccnc67)ncc45)c3)n2)cc1. The van der Waals surface area contributed by atoms with Crippen LogP contribution < -0.4 is 0 Å². The molecule has 220 valence electrons. The molecule has 5 aromatic carbocycles. The zero-order chi connectivity index (χ0) is 31.2. The lowest BCUT2D eigenvalue weighted by molar-refractivity contribution is 1.07. The Hall–Kier alpha value is -6.18. The van der Waals surface area contributed by atoms with Crippen LogP contribution in [0.2, 0.25) is 0 Å². The molecule has 6 nitrogen and oxygen atoms in total. The van der Waals surface area contributed by atoms with Crippen molar-refractivity contribution in [2.45, 2.75) is 0 Å². The van der Waals surface area contributed by atoms with E-state index in [9.17, 15) is 0 Å². The average Bonchev–Trinajstić information content (AvgIpc) is 3.52. The van der Waals surface area contributed by atoms with Crippen molar-refractivity contribution < 1.29 is 0 Å². The molecule has 0 atom stereocenters. The summed E-state index contributed by atoms with van der Waals surface area (Å²) in [6, 6.07) is 45.2. The maximum atomic E-state index is 5.00. The van der Waals surface area contributed by atoms with Gasteiger partial charge in [0.15, 0.2) is 23.3 Å². The Balaban J connectivity index is 1.11. The maximum absolute atomic E-state index is 5.00. The van der Waals surface area contributed by atoms with Gasteiger partial charge in [-0.25, -0.2) is 24.9 Å². The molecule has 0 N–H and O–H groups in total. The number of benzene rings is 5. The van der Waals surface area contributed by atoms with Gasteiger partial charge in [0.25, 0.3) is 0 Å². The van der Waals surface area contributed by atoms with E-state index in [1.165, 1.54) is 0 Å². The molecular weight excluding hydrogens is 597 g/mol. The van der Waals surface area contributed by atoms with Crippen LogP contribution in [0.3, 0.4) is 0 Å². The van der Waals surface area contributed by atoms with Crippen molar-refractivity contribution in [2.75, 3.05) is 0 Å². The average molecular weight is 621 g/mol. The lowest BCUT2D eigenvalue weighted by Gasteiger charge is -2.09. The topological polar surface area (TPSA) is 77.3 Å². The van der Waals surface area contributed by atoms with Gasteiger partial charge >= 0.3 is 0 Å². The zero-order valence-corrected chi connectivity index (χ0v) is 25.8. The number of aromatic nitrogens is 6. The molecule has 0 saturated carbocycles. The fourth-order valence-electron chi connectivity index (χ4n) is 5.93. The monoisotopic (exact) mass is 620 g/mol. The molecule has 9 rings (SSSR count). The largest absolute Gasteiger partial charge is 0.255 e. The first-order valence-corrected chi connectivity index (χ1v) is 16.1. The second kappa shape index (κ2) is 11.3. The minimum atomic E-state index is 0.633. The predicted octanol–water partition coefficient (Wildman–Crippen LogP) is 9.91. The van der Waals surface area contributed by atoms with E-state index in [-0.39, 0.29) is 0 Å². The fourth-order valence-corrected chi connectivity index (χ4v) is 7.02. The fraction of sp³-hybridized carbons (Fsp3) is 0. The molecule has 4 heterocycles. The molecule has 9 aromatic rings. The standard InChI is InChI=1S/C40H24N6S/c1-3-10-26(11-4-1)36-43-37(27-12-5-2-6-13-27)45-38(44-36)30-16-7-15-28(22-30)29-19-20-31-33-24-42-39(46-40(33)47-34(31)23-29)32-18-8-14-25-17-9-21-41-35(25)32/h1-24H. The molecule has 0 amide bonds. The van der Waals surface area contributed by atoms with E-state index in [1.54, 1.807) is 11.3 Å². The molecular formula is C40H24N6S. The number of hydrogen-bond acceptors (Lipinski definition) is 7. The second-order valence-corrected chi connectivity index (χ2v) is 12.3. The molecule has 0 fully saturated rings. The molecule has 0 bridgehead atoms. The highest BCUT2D eigenvalue weighted by Gasteiger charge is 2.15. The summed E-state index contributed by atoms with van der Waals surface area (Å²) in [6.07, 6.45) is 3.75. The Kier molecular flexibility index (Phi) is 6.54. The van der Waals surface area contributed by atoms with E-state index >= 15 is 0 Å². The maximum Gasteiger partial charge on any atom is 0.164 e. The summed E-state index contributed by atoms with van der Waals surface area (Å²) in [5, 5.41) is 3.26. The third-order valence-electron chi connectivity index (χ3n) is 8.26. The summed E-state index contributed by atoms with van der Waals surface area (Å²) in [7, 11) is 0. The van der Waals surface area contributed by atoms with Crippen LogP contribution in [0, 0.1) is 0 Å². The smallest absolute Gasteiger partial charge is 0.164 e. The van der Waals surface area contributed by atoms with Gasteiger partial charge in [-0.3, -0.25) is 4.98 Å². The van der Waals surface area contributed by atoms with Gasteiger partial charge in [-0.15, -0.1) is 11.3 Å². The van der Waals surface area contributed by atoms with Crippen molar-refractivity contribution >= 4 is 42.5 Å². The first-order valence-electron chi connectivity index (χ1n) is 15.3. The number of fused-ring (bicyclic) bond motifs is 4. The number of rotatable bonds is 5. The van der Waals surface area contributed by atoms with E-state index in [0.717, 1.165) is 64.6 Å². The summed E-state index contributed by atoms with van der Waals surface area (Å²) in [5.41, 5.74) is 6.85. The lowest BCUT2D eigenvalue weighted by atomic mass is 10.0. The zero-order valence-electron chi connectivity index (χ0n) is 24.9. The summed E-state index contributed by atoms with van der Waals surface area (Å²) in [4.78, 5) is 30.0. The van der Waals surface area contributed by atoms with E-state index in [1.807, 2.05) is 91.3 Å². The number of hydrogen-bond donors (Lipinski definition) is 0. The minimum Gasteiger partial charge on any atom is -0.255 e. The van der Waals surface area contributed by atoms with Crippen LogP contribution in [0.25, 0.3) is 87.9 Å². The van der Waals surface area contributed by atoms with Crippen molar-refractivity contribution in [3.8, 4) is 56.7 Å². The van der Waals surface area contributed by atoms with Crippen LogP contribution in [0.1, 0.15) is 0 Å². The van der Waals surface area contributed by atoms with Crippen LogP contribution in [0.4, 0.5) is 0 Å².